The Morgan fingerprint density at radius 3 is 2.48 bits per heavy atom. The molecule has 0 fully saturated rings. The van der Waals surface area contributed by atoms with Crippen LogP contribution >= 0.6 is 0 Å². The molecular formula is C17H29NO3. The molecule has 1 rings (SSSR count). The SMILES string of the molecule is CNC(C)c1ccc(OC)c(COCCOC(C)(C)C)c1. The quantitative estimate of drug-likeness (QED) is 0.747. The predicted octanol–water partition coefficient (Wildman–Crippen LogP) is 3.31. The lowest BCUT2D eigenvalue weighted by molar-refractivity contribution is -0.0378. The highest BCUT2D eigenvalue weighted by Crippen LogP contribution is 2.24. The topological polar surface area (TPSA) is 39.7 Å². The average molecular weight is 295 g/mol. The zero-order chi connectivity index (χ0) is 15.9. The number of rotatable bonds is 8. The van der Waals surface area contributed by atoms with E-state index < -0.39 is 0 Å². The van der Waals surface area contributed by atoms with E-state index in [1.807, 2.05) is 33.9 Å². The number of benzene rings is 1. The number of hydrogen-bond donors (Lipinski definition) is 1. The molecule has 1 aromatic rings. The Hall–Kier alpha value is -1.10. The molecule has 0 saturated heterocycles. The van der Waals surface area contributed by atoms with Gasteiger partial charge < -0.3 is 19.5 Å². The molecule has 120 valence electrons. The second kappa shape index (κ2) is 8.37. The van der Waals surface area contributed by atoms with Gasteiger partial charge in [0, 0.05) is 11.6 Å². The van der Waals surface area contributed by atoms with Gasteiger partial charge in [-0.1, -0.05) is 6.07 Å². The van der Waals surface area contributed by atoms with Crippen LogP contribution in [-0.4, -0.2) is 33.0 Å². The van der Waals surface area contributed by atoms with Crippen molar-refractivity contribution >= 4 is 0 Å². The van der Waals surface area contributed by atoms with Crippen molar-refractivity contribution in [3.63, 3.8) is 0 Å². The van der Waals surface area contributed by atoms with Crippen molar-refractivity contribution in [1.29, 1.82) is 0 Å². The molecule has 1 atom stereocenters. The van der Waals surface area contributed by atoms with E-state index in [9.17, 15) is 0 Å². The van der Waals surface area contributed by atoms with Crippen LogP contribution in [0.3, 0.4) is 0 Å². The second-order valence-corrected chi connectivity index (χ2v) is 6.10. The monoisotopic (exact) mass is 295 g/mol. The molecule has 4 heteroatoms. The van der Waals surface area contributed by atoms with Gasteiger partial charge in [-0.15, -0.1) is 0 Å². The van der Waals surface area contributed by atoms with E-state index in [0.29, 0.717) is 25.9 Å². The van der Waals surface area contributed by atoms with E-state index in [0.717, 1.165) is 11.3 Å². The highest BCUT2D eigenvalue weighted by molar-refractivity contribution is 5.38. The first kappa shape index (κ1) is 18.0. The van der Waals surface area contributed by atoms with E-state index in [4.69, 9.17) is 14.2 Å². The number of ether oxygens (including phenoxy) is 3. The predicted molar refractivity (Wildman–Crippen MR) is 85.8 cm³/mol. The third kappa shape index (κ3) is 6.46. The molecule has 1 aromatic carbocycles. The highest BCUT2D eigenvalue weighted by atomic mass is 16.5. The number of methoxy groups -OCH3 is 1. The molecule has 0 spiro atoms. The Kier molecular flexibility index (Phi) is 7.15. The van der Waals surface area contributed by atoms with Crippen LogP contribution in [0.25, 0.3) is 0 Å². The molecule has 0 saturated carbocycles. The fourth-order valence-electron chi connectivity index (χ4n) is 1.94. The summed E-state index contributed by atoms with van der Waals surface area (Å²) in [6.45, 7) is 9.95. The van der Waals surface area contributed by atoms with Crippen LogP contribution in [0.1, 0.15) is 44.9 Å². The van der Waals surface area contributed by atoms with Gasteiger partial charge in [0.25, 0.3) is 0 Å². The summed E-state index contributed by atoms with van der Waals surface area (Å²) < 4.78 is 16.7. The van der Waals surface area contributed by atoms with Crippen LogP contribution < -0.4 is 10.1 Å². The van der Waals surface area contributed by atoms with Crippen molar-refractivity contribution in [2.24, 2.45) is 0 Å². The molecule has 0 heterocycles. The summed E-state index contributed by atoms with van der Waals surface area (Å²) in [5, 5.41) is 3.24. The lowest BCUT2D eigenvalue weighted by atomic mass is 10.0. The van der Waals surface area contributed by atoms with Gasteiger partial charge in [0.1, 0.15) is 5.75 Å². The summed E-state index contributed by atoms with van der Waals surface area (Å²) >= 11 is 0. The summed E-state index contributed by atoms with van der Waals surface area (Å²) in [4.78, 5) is 0. The Morgan fingerprint density at radius 1 is 1.19 bits per heavy atom. The Balaban J connectivity index is 2.56. The van der Waals surface area contributed by atoms with Gasteiger partial charge in [-0.3, -0.25) is 0 Å². The minimum absolute atomic E-state index is 0.122. The van der Waals surface area contributed by atoms with Crippen molar-refractivity contribution in [2.75, 3.05) is 27.4 Å². The first-order chi connectivity index (χ1) is 9.87. The zero-order valence-corrected chi connectivity index (χ0v) is 14.2. The van der Waals surface area contributed by atoms with E-state index in [1.165, 1.54) is 5.56 Å². The smallest absolute Gasteiger partial charge is 0.124 e. The first-order valence-electron chi connectivity index (χ1n) is 7.43. The fraction of sp³-hybridized carbons (Fsp3) is 0.647. The third-order valence-electron chi connectivity index (χ3n) is 3.26. The normalized spacial score (nSPS) is 13.2. The lowest BCUT2D eigenvalue weighted by Gasteiger charge is -2.19. The molecule has 0 aliphatic heterocycles. The summed E-state index contributed by atoms with van der Waals surface area (Å²) in [5.74, 6) is 0.860. The number of hydrogen-bond acceptors (Lipinski definition) is 4. The van der Waals surface area contributed by atoms with Gasteiger partial charge in [0.2, 0.25) is 0 Å². The van der Waals surface area contributed by atoms with Crippen LogP contribution in [0.5, 0.6) is 5.75 Å². The third-order valence-corrected chi connectivity index (χ3v) is 3.26. The fourth-order valence-corrected chi connectivity index (χ4v) is 1.94. The largest absolute Gasteiger partial charge is 0.496 e. The van der Waals surface area contributed by atoms with Crippen molar-refractivity contribution in [3.8, 4) is 5.75 Å². The molecule has 0 aliphatic rings. The Morgan fingerprint density at radius 2 is 1.90 bits per heavy atom. The zero-order valence-electron chi connectivity index (χ0n) is 14.2. The van der Waals surface area contributed by atoms with Gasteiger partial charge in [0.05, 0.1) is 32.5 Å². The maximum Gasteiger partial charge on any atom is 0.124 e. The molecule has 1 N–H and O–H groups in total. The molecule has 0 aromatic heterocycles. The van der Waals surface area contributed by atoms with Crippen LogP contribution in [-0.2, 0) is 16.1 Å². The van der Waals surface area contributed by atoms with Crippen LogP contribution in [0.2, 0.25) is 0 Å². The molecule has 21 heavy (non-hydrogen) atoms. The van der Waals surface area contributed by atoms with Crippen molar-refractivity contribution < 1.29 is 14.2 Å². The molecule has 0 amide bonds. The Bertz CT molecular complexity index is 427. The van der Waals surface area contributed by atoms with Crippen LogP contribution in [0.4, 0.5) is 0 Å². The van der Waals surface area contributed by atoms with Crippen LogP contribution in [0.15, 0.2) is 18.2 Å². The van der Waals surface area contributed by atoms with Gasteiger partial charge >= 0.3 is 0 Å². The van der Waals surface area contributed by atoms with Gasteiger partial charge in [-0.25, -0.2) is 0 Å². The molecule has 0 aliphatic carbocycles. The van der Waals surface area contributed by atoms with Gasteiger partial charge in [-0.2, -0.15) is 0 Å². The minimum atomic E-state index is -0.122. The van der Waals surface area contributed by atoms with E-state index in [2.05, 4.69) is 24.4 Å². The Labute approximate surface area is 128 Å². The van der Waals surface area contributed by atoms with E-state index >= 15 is 0 Å². The van der Waals surface area contributed by atoms with E-state index in [-0.39, 0.29) is 5.60 Å². The lowest BCUT2D eigenvalue weighted by Crippen LogP contribution is -2.21. The van der Waals surface area contributed by atoms with Gasteiger partial charge in [0.15, 0.2) is 0 Å². The minimum Gasteiger partial charge on any atom is -0.496 e. The first-order valence-corrected chi connectivity index (χ1v) is 7.43. The van der Waals surface area contributed by atoms with Crippen molar-refractivity contribution in [1.82, 2.24) is 5.32 Å². The highest BCUT2D eigenvalue weighted by Gasteiger charge is 2.10. The molecule has 4 nitrogen and oxygen atoms in total. The van der Waals surface area contributed by atoms with E-state index in [1.54, 1.807) is 7.11 Å². The number of nitrogens with one attached hydrogen (secondary N) is 1. The van der Waals surface area contributed by atoms with Crippen LogP contribution in [0, 0.1) is 0 Å². The summed E-state index contributed by atoms with van der Waals surface area (Å²) in [7, 11) is 3.64. The average Bonchev–Trinajstić information content (AvgIpc) is 2.44. The van der Waals surface area contributed by atoms with Crippen molar-refractivity contribution in [3.05, 3.63) is 29.3 Å². The maximum atomic E-state index is 5.70. The molecule has 0 radical (unpaired) electrons. The molecule has 0 bridgehead atoms. The summed E-state index contributed by atoms with van der Waals surface area (Å²) in [6, 6.07) is 6.50. The molecule has 1 unspecified atom stereocenters. The summed E-state index contributed by atoms with van der Waals surface area (Å²) in [5.41, 5.74) is 2.17. The summed E-state index contributed by atoms with van der Waals surface area (Å²) in [6.07, 6.45) is 0. The maximum absolute atomic E-state index is 5.70. The second-order valence-electron chi connectivity index (χ2n) is 6.10. The van der Waals surface area contributed by atoms with Crippen molar-refractivity contribution in [2.45, 2.75) is 45.9 Å². The molecular weight excluding hydrogens is 266 g/mol. The standard InChI is InChI=1S/C17H29NO3/c1-13(18-5)14-7-8-16(19-6)15(11-14)12-20-9-10-21-17(2,3)4/h7-8,11,13,18H,9-10,12H2,1-6H3. The van der Waals surface area contributed by atoms with Gasteiger partial charge in [-0.05, 0) is 52.4 Å².